The number of hydrogen-bond acceptors (Lipinski definition) is 1. The molecule has 2 unspecified atom stereocenters. The van der Waals surface area contributed by atoms with E-state index in [9.17, 15) is 0 Å². The topological polar surface area (TPSA) is 3.24 Å². The van der Waals surface area contributed by atoms with Gasteiger partial charge in [-0.2, -0.15) is 0 Å². The van der Waals surface area contributed by atoms with Gasteiger partial charge in [0.05, 0.1) is 0 Å². The van der Waals surface area contributed by atoms with Crippen LogP contribution in [0.3, 0.4) is 0 Å². The molecule has 1 saturated carbocycles. The Morgan fingerprint density at radius 1 is 0.909 bits per heavy atom. The molecule has 0 bridgehead atoms. The summed E-state index contributed by atoms with van der Waals surface area (Å²) in [4.78, 5) is 2.75. The third-order valence-corrected chi connectivity index (χ3v) is 4.17. The first-order chi connectivity index (χ1) is 5.45. The molecule has 3 atom stereocenters. The Kier molecular flexibility index (Phi) is 1.31. The summed E-state index contributed by atoms with van der Waals surface area (Å²) in [6.07, 6.45) is 7.61. The van der Waals surface area contributed by atoms with Gasteiger partial charge >= 0.3 is 0 Å². The van der Waals surface area contributed by atoms with Gasteiger partial charge in [0.2, 0.25) is 0 Å². The number of nitrogens with zero attached hydrogens (tertiary/aromatic N) is 1. The summed E-state index contributed by atoms with van der Waals surface area (Å²) < 4.78 is 0. The Morgan fingerprint density at radius 2 is 1.91 bits per heavy atom. The Hall–Kier alpha value is -0.0400. The predicted octanol–water partition coefficient (Wildman–Crippen LogP) is 1.88. The first-order valence-corrected chi connectivity index (χ1v) is 5.19. The number of rotatable bonds is 0. The monoisotopic (exact) mass is 151 g/mol. The maximum absolute atomic E-state index is 2.75. The highest BCUT2D eigenvalue weighted by molar-refractivity contribution is 4.97. The van der Waals surface area contributed by atoms with E-state index in [2.05, 4.69) is 4.90 Å². The van der Waals surface area contributed by atoms with Crippen molar-refractivity contribution >= 4 is 0 Å². The van der Waals surface area contributed by atoms with Crippen LogP contribution in [0.1, 0.15) is 32.1 Å². The molecule has 2 aliphatic heterocycles. The average Bonchev–Trinajstić information content (AvgIpc) is 2.34. The molecule has 0 spiro atoms. The van der Waals surface area contributed by atoms with E-state index in [1.165, 1.54) is 32.4 Å². The van der Waals surface area contributed by atoms with Gasteiger partial charge < -0.3 is 4.90 Å². The van der Waals surface area contributed by atoms with Crippen LogP contribution >= 0.6 is 0 Å². The van der Waals surface area contributed by atoms with Crippen molar-refractivity contribution in [1.29, 1.82) is 0 Å². The summed E-state index contributed by atoms with van der Waals surface area (Å²) in [5.74, 6) is 2.28. The van der Waals surface area contributed by atoms with Crippen LogP contribution in [0.2, 0.25) is 0 Å². The molecule has 1 nitrogen and oxygen atoms in total. The highest BCUT2D eigenvalue weighted by atomic mass is 15.2. The summed E-state index contributed by atoms with van der Waals surface area (Å²) in [5, 5.41) is 0. The highest BCUT2D eigenvalue weighted by Gasteiger charge is 2.44. The van der Waals surface area contributed by atoms with Crippen molar-refractivity contribution in [3.8, 4) is 0 Å². The van der Waals surface area contributed by atoms with Crippen molar-refractivity contribution < 1.29 is 0 Å². The van der Waals surface area contributed by atoms with Crippen molar-refractivity contribution in [3.05, 3.63) is 0 Å². The Balaban J connectivity index is 1.79. The van der Waals surface area contributed by atoms with Gasteiger partial charge in [0.25, 0.3) is 0 Å². The van der Waals surface area contributed by atoms with Crippen molar-refractivity contribution in [1.82, 2.24) is 4.90 Å². The van der Waals surface area contributed by atoms with Gasteiger partial charge in [-0.05, 0) is 57.0 Å². The van der Waals surface area contributed by atoms with Crippen molar-refractivity contribution in [3.63, 3.8) is 0 Å². The molecule has 3 aliphatic rings. The maximum Gasteiger partial charge on any atom is 0.0127 e. The molecule has 0 aromatic carbocycles. The molecule has 0 N–H and O–H groups in total. The van der Waals surface area contributed by atoms with Crippen LogP contribution in [0.25, 0.3) is 0 Å². The lowest BCUT2D eigenvalue weighted by atomic mass is 9.65. The minimum Gasteiger partial charge on any atom is -0.300 e. The second-order valence-corrected chi connectivity index (χ2v) is 4.54. The molecule has 2 saturated heterocycles. The minimum absolute atomic E-state index is 1.03. The van der Waals surface area contributed by atoms with E-state index in [-0.39, 0.29) is 0 Å². The molecule has 3 fully saturated rings. The molecule has 62 valence electrons. The second-order valence-electron chi connectivity index (χ2n) is 4.54. The van der Waals surface area contributed by atoms with E-state index < -0.39 is 0 Å². The van der Waals surface area contributed by atoms with E-state index in [1.54, 1.807) is 12.8 Å². The molecule has 0 aromatic heterocycles. The van der Waals surface area contributed by atoms with Crippen LogP contribution < -0.4 is 0 Å². The summed E-state index contributed by atoms with van der Waals surface area (Å²) in [7, 11) is 0. The first kappa shape index (κ1) is 6.47. The fourth-order valence-electron chi connectivity index (χ4n) is 3.41. The van der Waals surface area contributed by atoms with Gasteiger partial charge in [-0.25, -0.2) is 0 Å². The largest absolute Gasteiger partial charge is 0.300 e. The SMILES string of the molecule is C1CC2C3CC[C@@H]3CCN2C1. The molecule has 1 heteroatoms. The van der Waals surface area contributed by atoms with Crippen molar-refractivity contribution in [2.24, 2.45) is 11.8 Å². The molecule has 0 amide bonds. The fraction of sp³-hybridized carbons (Fsp3) is 1.00. The Bertz CT molecular complexity index is 166. The lowest BCUT2D eigenvalue weighted by Gasteiger charge is -2.49. The maximum atomic E-state index is 2.75. The van der Waals surface area contributed by atoms with E-state index in [0.717, 1.165) is 17.9 Å². The lowest BCUT2D eigenvalue weighted by Crippen LogP contribution is -2.49. The van der Waals surface area contributed by atoms with Crippen LogP contribution in [-0.2, 0) is 0 Å². The van der Waals surface area contributed by atoms with Gasteiger partial charge in [-0.3, -0.25) is 0 Å². The van der Waals surface area contributed by atoms with Crippen LogP contribution in [0.4, 0.5) is 0 Å². The van der Waals surface area contributed by atoms with Gasteiger partial charge in [-0.15, -0.1) is 0 Å². The van der Waals surface area contributed by atoms with Crippen LogP contribution in [0, 0.1) is 11.8 Å². The number of hydrogen-bond donors (Lipinski definition) is 0. The van der Waals surface area contributed by atoms with Gasteiger partial charge in [0, 0.05) is 6.04 Å². The summed E-state index contributed by atoms with van der Waals surface area (Å²) >= 11 is 0. The van der Waals surface area contributed by atoms with E-state index >= 15 is 0 Å². The smallest absolute Gasteiger partial charge is 0.0127 e. The predicted molar refractivity (Wildman–Crippen MR) is 45.4 cm³/mol. The quantitative estimate of drug-likeness (QED) is 0.511. The Labute approximate surface area is 68.8 Å². The zero-order chi connectivity index (χ0) is 7.26. The molecule has 1 aliphatic carbocycles. The zero-order valence-electron chi connectivity index (χ0n) is 7.13. The van der Waals surface area contributed by atoms with Crippen LogP contribution in [0.15, 0.2) is 0 Å². The van der Waals surface area contributed by atoms with Crippen molar-refractivity contribution in [2.45, 2.75) is 38.1 Å². The highest BCUT2D eigenvalue weighted by Crippen LogP contribution is 2.47. The van der Waals surface area contributed by atoms with E-state index in [4.69, 9.17) is 0 Å². The van der Waals surface area contributed by atoms with Gasteiger partial charge in [-0.1, -0.05) is 0 Å². The summed E-state index contributed by atoms with van der Waals surface area (Å²) in [6, 6.07) is 1.03. The molecule has 0 radical (unpaired) electrons. The number of piperidine rings is 1. The van der Waals surface area contributed by atoms with Crippen molar-refractivity contribution in [2.75, 3.05) is 13.1 Å². The summed E-state index contributed by atoms with van der Waals surface area (Å²) in [6.45, 7) is 2.83. The molecular weight excluding hydrogens is 134 g/mol. The Morgan fingerprint density at radius 3 is 2.73 bits per heavy atom. The average molecular weight is 151 g/mol. The zero-order valence-corrected chi connectivity index (χ0v) is 7.13. The van der Waals surface area contributed by atoms with Gasteiger partial charge in [0.15, 0.2) is 0 Å². The molecule has 11 heavy (non-hydrogen) atoms. The second kappa shape index (κ2) is 2.22. The third-order valence-electron chi connectivity index (χ3n) is 4.17. The summed E-state index contributed by atoms with van der Waals surface area (Å²) in [5.41, 5.74) is 0. The molecule has 0 aromatic rings. The molecule has 2 heterocycles. The standard InChI is InChI=1S/C10H17N/c1-2-10-9-4-3-8(9)5-7-11(10)6-1/h8-10H,1-7H2/t8-,9?,10?/m1/s1. The third kappa shape index (κ3) is 0.807. The number of fused-ring (bicyclic) bond motifs is 3. The van der Waals surface area contributed by atoms with Gasteiger partial charge in [0.1, 0.15) is 0 Å². The van der Waals surface area contributed by atoms with E-state index in [1.807, 2.05) is 0 Å². The normalized spacial score (nSPS) is 49.6. The molecule has 3 rings (SSSR count). The first-order valence-electron chi connectivity index (χ1n) is 5.19. The fourth-order valence-corrected chi connectivity index (χ4v) is 3.41. The van der Waals surface area contributed by atoms with E-state index in [0.29, 0.717) is 0 Å². The van der Waals surface area contributed by atoms with Crippen LogP contribution in [0.5, 0.6) is 0 Å². The lowest BCUT2D eigenvalue weighted by molar-refractivity contribution is 0.0110. The minimum atomic E-state index is 1.03. The van der Waals surface area contributed by atoms with Crippen LogP contribution in [-0.4, -0.2) is 24.0 Å². The molecular formula is C10H17N.